The molecule has 0 aromatic carbocycles. The van der Waals surface area contributed by atoms with Gasteiger partial charge in [-0.15, -0.1) is 0 Å². The largest absolute Gasteiger partial charge is 0.481 e. The molecule has 2 aliphatic rings. The molecule has 8 heteroatoms. The molecule has 0 aliphatic carbocycles. The summed E-state index contributed by atoms with van der Waals surface area (Å²) in [5.41, 5.74) is 0. The average molecular weight is 350 g/mol. The van der Waals surface area contributed by atoms with Gasteiger partial charge in [-0.2, -0.15) is 9.97 Å². The summed E-state index contributed by atoms with van der Waals surface area (Å²) in [6.45, 7) is 4.40. The van der Waals surface area contributed by atoms with E-state index in [0.717, 1.165) is 39.0 Å². The van der Waals surface area contributed by atoms with Gasteiger partial charge in [-0.25, -0.2) is 0 Å². The average Bonchev–Trinajstić information content (AvgIpc) is 2.68. The summed E-state index contributed by atoms with van der Waals surface area (Å²) >= 11 is 0. The van der Waals surface area contributed by atoms with Gasteiger partial charge in [0.2, 0.25) is 23.6 Å². The predicted octanol–water partition coefficient (Wildman–Crippen LogP) is 0.959. The molecule has 1 aromatic heterocycles. The first kappa shape index (κ1) is 17.7. The van der Waals surface area contributed by atoms with Crippen LogP contribution in [-0.4, -0.2) is 74.4 Å². The quantitative estimate of drug-likeness (QED) is 0.783. The molecule has 3 heterocycles. The Labute approximate surface area is 148 Å². The third kappa shape index (κ3) is 4.50. The number of carbonyl (C=O) groups is 1. The standard InChI is InChI=1S/C17H26N4O4/c1-23-14-12-15(24-2)19-17(18-14)21-5-3-13(4-6-21)11-16(22)20-7-9-25-10-8-20/h12-13H,3-11H2,1-2H3. The monoisotopic (exact) mass is 350 g/mol. The highest BCUT2D eigenvalue weighted by Gasteiger charge is 2.26. The summed E-state index contributed by atoms with van der Waals surface area (Å²) < 4.78 is 15.7. The Morgan fingerprint density at radius 3 is 2.28 bits per heavy atom. The zero-order valence-electron chi connectivity index (χ0n) is 14.9. The fourth-order valence-electron chi connectivity index (χ4n) is 3.27. The van der Waals surface area contributed by atoms with Crippen LogP contribution in [0.1, 0.15) is 19.3 Å². The van der Waals surface area contributed by atoms with Crippen molar-refractivity contribution in [3.8, 4) is 11.8 Å². The number of aromatic nitrogens is 2. The van der Waals surface area contributed by atoms with Crippen LogP contribution in [0.15, 0.2) is 6.07 Å². The number of ether oxygens (including phenoxy) is 3. The number of methoxy groups -OCH3 is 2. The smallest absolute Gasteiger partial charge is 0.231 e. The first-order chi connectivity index (χ1) is 12.2. The van der Waals surface area contributed by atoms with Crippen LogP contribution in [0, 0.1) is 5.92 Å². The Kier molecular flexibility index (Phi) is 5.91. The summed E-state index contributed by atoms with van der Waals surface area (Å²) in [6, 6.07) is 1.66. The molecule has 0 saturated carbocycles. The zero-order chi connectivity index (χ0) is 17.6. The molecular weight excluding hydrogens is 324 g/mol. The van der Waals surface area contributed by atoms with Crippen molar-refractivity contribution < 1.29 is 19.0 Å². The van der Waals surface area contributed by atoms with Crippen molar-refractivity contribution in [2.24, 2.45) is 5.92 Å². The van der Waals surface area contributed by atoms with Crippen molar-refractivity contribution in [3.05, 3.63) is 6.07 Å². The van der Waals surface area contributed by atoms with Crippen LogP contribution in [0.4, 0.5) is 5.95 Å². The van der Waals surface area contributed by atoms with Gasteiger partial charge in [0.15, 0.2) is 0 Å². The lowest BCUT2D eigenvalue weighted by molar-refractivity contribution is -0.136. The van der Waals surface area contributed by atoms with E-state index < -0.39 is 0 Å². The number of amides is 1. The lowest BCUT2D eigenvalue weighted by Gasteiger charge is -2.33. The van der Waals surface area contributed by atoms with Crippen molar-refractivity contribution in [2.75, 3.05) is 58.5 Å². The molecule has 0 spiro atoms. The minimum Gasteiger partial charge on any atom is -0.481 e. The fourth-order valence-corrected chi connectivity index (χ4v) is 3.27. The first-order valence-corrected chi connectivity index (χ1v) is 8.77. The van der Waals surface area contributed by atoms with Gasteiger partial charge < -0.3 is 24.0 Å². The highest BCUT2D eigenvalue weighted by atomic mass is 16.5. The fraction of sp³-hybridized carbons (Fsp3) is 0.706. The lowest BCUT2D eigenvalue weighted by Crippen LogP contribution is -2.42. The van der Waals surface area contributed by atoms with E-state index in [0.29, 0.717) is 43.3 Å². The highest BCUT2D eigenvalue weighted by Crippen LogP contribution is 2.26. The number of hydrogen-bond donors (Lipinski definition) is 0. The van der Waals surface area contributed by atoms with Gasteiger partial charge in [0.1, 0.15) is 0 Å². The third-order valence-corrected chi connectivity index (χ3v) is 4.81. The molecule has 25 heavy (non-hydrogen) atoms. The molecule has 3 rings (SSSR count). The Morgan fingerprint density at radius 1 is 1.12 bits per heavy atom. The minimum atomic E-state index is 0.251. The Morgan fingerprint density at radius 2 is 1.72 bits per heavy atom. The second-order valence-corrected chi connectivity index (χ2v) is 6.38. The third-order valence-electron chi connectivity index (χ3n) is 4.81. The van der Waals surface area contributed by atoms with Gasteiger partial charge in [-0.3, -0.25) is 4.79 Å². The molecule has 0 bridgehead atoms. The summed E-state index contributed by atoms with van der Waals surface area (Å²) in [6.07, 6.45) is 2.54. The topological polar surface area (TPSA) is 77.0 Å². The maximum absolute atomic E-state index is 12.4. The Balaban J connectivity index is 1.54. The lowest BCUT2D eigenvalue weighted by atomic mass is 9.93. The summed E-state index contributed by atoms with van der Waals surface area (Å²) in [5.74, 6) is 2.27. The van der Waals surface area contributed by atoms with Gasteiger partial charge in [0, 0.05) is 32.6 Å². The molecule has 0 unspecified atom stereocenters. The molecule has 8 nitrogen and oxygen atoms in total. The molecule has 0 N–H and O–H groups in total. The van der Waals surface area contributed by atoms with E-state index in [1.165, 1.54) is 0 Å². The highest BCUT2D eigenvalue weighted by molar-refractivity contribution is 5.76. The van der Waals surface area contributed by atoms with E-state index in [-0.39, 0.29) is 5.91 Å². The summed E-state index contributed by atoms with van der Waals surface area (Å²) in [4.78, 5) is 25.2. The maximum atomic E-state index is 12.4. The molecule has 0 radical (unpaired) electrons. The molecule has 2 aliphatic heterocycles. The van der Waals surface area contributed by atoms with Gasteiger partial charge in [-0.05, 0) is 18.8 Å². The van der Waals surface area contributed by atoms with E-state index in [9.17, 15) is 4.79 Å². The zero-order valence-corrected chi connectivity index (χ0v) is 14.9. The SMILES string of the molecule is COc1cc(OC)nc(N2CCC(CC(=O)N3CCOCC3)CC2)n1. The second kappa shape index (κ2) is 8.33. The number of hydrogen-bond acceptors (Lipinski definition) is 7. The second-order valence-electron chi connectivity index (χ2n) is 6.38. The van der Waals surface area contributed by atoms with Crippen LogP contribution >= 0.6 is 0 Å². The molecule has 138 valence electrons. The maximum Gasteiger partial charge on any atom is 0.231 e. The molecule has 1 amide bonds. The van der Waals surface area contributed by atoms with E-state index in [4.69, 9.17) is 14.2 Å². The Bertz CT molecular complexity index is 562. The number of anilines is 1. The van der Waals surface area contributed by atoms with Crippen LogP contribution in [0.3, 0.4) is 0 Å². The van der Waals surface area contributed by atoms with Crippen molar-refractivity contribution in [2.45, 2.75) is 19.3 Å². The molecule has 0 atom stereocenters. The normalized spacial score (nSPS) is 19.0. The van der Waals surface area contributed by atoms with Crippen LogP contribution in [-0.2, 0) is 9.53 Å². The Hall–Kier alpha value is -2.09. The predicted molar refractivity (Wildman–Crippen MR) is 92.1 cm³/mol. The van der Waals surface area contributed by atoms with Crippen molar-refractivity contribution in [3.63, 3.8) is 0 Å². The van der Waals surface area contributed by atoms with Crippen LogP contribution < -0.4 is 14.4 Å². The van der Waals surface area contributed by atoms with Gasteiger partial charge in [-0.1, -0.05) is 0 Å². The summed E-state index contributed by atoms with van der Waals surface area (Å²) in [5, 5.41) is 0. The van der Waals surface area contributed by atoms with E-state index in [1.807, 2.05) is 4.90 Å². The molecular formula is C17H26N4O4. The molecule has 1 aromatic rings. The van der Waals surface area contributed by atoms with Gasteiger partial charge in [0.05, 0.1) is 33.5 Å². The van der Waals surface area contributed by atoms with Crippen LogP contribution in [0.25, 0.3) is 0 Å². The summed E-state index contributed by atoms with van der Waals surface area (Å²) in [7, 11) is 3.16. The molecule has 2 saturated heterocycles. The minimum absolute atomic E-state index is 0.251. The van der Waals surface area contributed by atoms with E-state index in [2.05, 4.69) is 14.9 Å². The number of rotatable bonds is 5. The molecule has 2 fully saturated rings. The number of nitrogens with zero attached hydrogens (tertiary/aromatic N) is 4. The number of carbonyl (C=O) groups excluding carboxylic acids is 1. The van der Waals surface area contributed by atoms with Crippen molar-refractivity contribution in [1.82, 2.24) is 14.9 Å². The van der Waals surface area contributed by atoms with E-state index in [1.54, 1.807) is 20.3 Å². The van der Waals surface area contributed by atoms with Crippen LogP contribution in [0.2, 0.25) is 0 Å². The number of piperidine rings is 1. The van der Waals surface area contributed by atoms with Crippen molar-refractivity contribution >= 4 is 11.9 Å². The number of morpholine rings is 1. The van der Waals surface area contributed by atoms with Crippen molar-refractivity contribution in [1.29, 1.82) is 0 Å². The van der Waals surface area contributed by atoms with Gasteiger partial charge >= 0.3 is 0 Å². The van der Waals surface area contributed by atoms with Crippen LogP contribution in [0.5, 0.6) is 11.8 Å². The van der Waals surface area contributed by atoms with E-state index >= 15 is 0 Å². The first-order valence-electron chi connectivity index (χ1n) is 8.77. The van der Waals surface area contributed by atoms with Gasteiger partial charge in [0.25, 0.3) is 0 Å².